The number of methoxy groups -OCH3 is 1. The van der Waals surface area contributed by atoms with Crippen LogP contribution in [0.1, 0.15) is 25.0 Å². The smallest absolute Gasteiger partial charge is 0.0994 e. The summed E-state index contributed by atoms with van der Waals surface area (Å²) in [5.41, 5.74) is 1.56. The molecule has 0 atom stereocenters. The number of nitrogens with zero attached hydrogens (tertiary/aromatic N) is 1. The quantitative estimate of drug-likeness (QED) is 0.732. The molecule has 0 aromatic heterocycles. The number of rotatable bonds is 3. The average Bonchev–Trinajstić information content (AvgIpc) is 2.18. The van der Waals surface area contributed by atoms with Crippen LogP contribution in [0.2, 0.25) is 0 Å². The maximum absolute atomic E-state index is 8.90. The molecule has 74 valence electrons. The Hall–Kier alpha value is -1.33. The van der Waals surface area contributed by atoms with Gasteiger partial charge in [-0.25, -0.2) is 0 Å². The fourth-order valence-corrected chi connectivity index (χ4v) is 1.31. The van der Waals surface area contributed by atoms with Gasteiger partial charge >= 0.3 is 0 Å². The highest BCUT2D eigenvalue weighted by atomic mass is 16.5. The van der Waals surface area contributed by atoms with E-state index in [4.69, 9.17) is 10.00 Å². The zero-order valence-electron chi connectivity index (χ0n) is 8.87. The standard InChI is InChI=1S/C12H15NO/c1-12(2,14-3)8-10-6-4-5-7-11(10)9-13/h4-7H,8H2,1-3H3. The summed E-state index contributed by atoms with van der Waals surface area (Å²) in [7, 11) is 1.69. The van der Waals surface area contributed by atoms with Crippen LogP contribution in [-0.2, 0) is 11.2 Å². The molecule has 0 fully saturated rings. The Morgan fingerprint density at radius 2 is 2.00 bits per heavy atom. The van der Waals surface area contributed by atoms with Crippen LogP contribution in [-0.4, -0.2) is 12.7 Å². The van der Waals surface area contributed by atoms with Gasteiger partial charge in [0.2, 0.25) is 0 Å². The van der Waals surface area contributed by atoms with Gasteiger partial charge in [0.15, 0.2) is 0 Å². The molecule has 0 radical (unpaired) electrons. The number of hydrogen-bond acceptors (Lipinski definition) is 2. The Morgan fingerprint density at radius 1 is 1.36 bits per heavy atom. The lowest BCUT2D eigenvalue weighted by Gasteiger charge is -2.23. The van der Waals surface area contributed by atoms with E-state index < -0.39 is 0 Å². The van der Waals surface area contributed by atoms with Crippen LogP contribution in [0.5, 0.6) is 0 Å². The van der Waals surface area contributed by atoms with E-state index in [1.165, 1.54) is 0 Å². The molecule has 0 saturated carbocycles. The molecule has 0 aliphatic heterocycles. The molecule has 0 N–H and O–H groups in total. The fourth-order valence-electron chi connectivity index (χ4n) is 1.31. The third-order valence-corrected chi connectivity index (χ3v) is 2.31. The summed E-state index contributed by atoms with van der Waals surface area (Å²) in [4.78, 5) is 0. The summed E-state index contributed by atoms with van der Waals surface area (Å²) in [6.07, 6.45) is 0.757. The molecular weight excluding hydrogens is 174 g/mol. The molecule has 2 nitrogen and oxygen atoms in total. The number of ether oxygens (including phenoxy) is 1. The molecule has 0 bridgehead atoms. The van der Waals surface area contributed by atoms with Gasteiger partial charge in [-0.2, -0.15) is 5.26 Å². The topological polar surface area (TPSA) is 33.0 Å². The Bertz CT molecular complexity index is 350. The molecule has 14 heavy (non-hydrogen) atoms. The van der Waals surface area contributed by atoms with Gasteiger partial charge in [0.25, 0.3) is 0 Å². The minimum absolute atomic E-state index is 0.215. The molecule has 0 aliphatic rings. The van der Waals surface area contributed by atoms with Crippen molar-refractivity contribution in [1.29, 1.82) is 5.26 Å². The van der Waals surface area contributed by atoms with Crippen molar-refractivity contribution in [3.8, 4) is 6.07 Å². The van der Waals surface area contributed by atoms with Gasteiger partial charge in [0, 0.05) is 13.5 Å². The summed E-state index contributed by atoms with van der Waals surface area (Å²) in [5, 5.41) is 8.90. The van der Waals surface area contributed by atoms with Gasteiger partial charge in [-0.1, -0.05) is 18.2 Å². The fraction of sp³-hybridized carbons (Fsp3) is 0.417. The highest BCUT2D eigenvalue weighted by Gasteiger charge is 2.18. The first-order valence-corrected chi connectivity index (χ1v) is 4.62. The molecule has 1 rings (SSSR count). The van der Waals surface area contributed by atoms with Crippen LogP contribution in [0.25, 0.3) is 0 Å². The molecule has 0 saturated heterocycles. The maximum atomic E-state index is 8.90. The third kappa shape index (κ3) is 2.58. The minimum atomic E-state index is -0.215. The normalized spacial score (nSPS) is 11.0. The Labute approximate surface area is 85.1 Å². The van der Waals surface area contributed by atoms with Crippen molar-refractivity contribution in [2.24, 2.45) is 0 Å². The van der Waals surface area contributed by atoms with Crippen LogP contribution < -0.4 is 0 Å². The second-order valence-electron chi connectivity index (χ2n) is 3.91. The van der Waals surface area contributed by atoms with E-state index in [-0.39, 0.29) is 5.60 Å². The van der Waals surface area contributed by atoms with Crippen molar-refractivity contribution in [3.63, 3.8) is 0 Å². The van der Waals surface area contributed by atoms with Gasteiger partial charge in [-0.15, -0.1) is 0 Å². The Morgan fingerprint density at radius 3 is 2.57 bits per heavy atom. The Kier molecular flexibility index (Phi) is 3.27. The summed E-state index contributed by atoms with van der Waals surface area (Å²) in [6.45, 7) is 4.03. The lowest BCUT2D eigenvalue weighted by Crippen LogP contribution is -2.25. The number of nitriles is 1. The number of hydrogen-bond donors (Lipinski definition) is 0. The zero-order chi connectivity index (χ0) is 10.6. The molecule has 0 unspecified atom stereocenters. The first-order chi connectivity index (χ1) is 6.59. The number of benzene rings is 1. The molecule has 1 aromatic rings. The van der Waals surface area contributed by atoms with Crippen molar-refractivity contribution in [2.45, 2.75) is 25.9 Å². The lowest BCUT2D eigenvalue weighted by molar-refractivity contribution is 0.0231. The van der Waals surface area contributed by atoms with Crippen molar-refractivity contribution >= 4 is 0 Å². The third-order valence-electron chi connectivity index (χ3n) is 2.31. The predicted octanol–water partition coefficient (Wildman–Crippen LogP) is 2.53. The van der Waals surface area contributed by atoms with Crippen molar-refractivity contribution in [1.82, 2.24) is 0 Å². The average molecular weight is 189 g/mol. The molecule has 0 amide bonds. The Balaban J connectivity index is 2.92. The van der Waals surface area contributed by atoms with Gasteiger partial charge in [-0.3, -0.25) is 0 Å². The van der Waals surface area contributed by atoms with Crippen LogP contribution in [0.3, 0.4) is 0 Å². The van der Waals surface area contributed by atoms with E-state index >= 15 is 0 Å². The van der Waals surface area contributed by atoms with E-state index in [0.29, 0.717) is 0 Å². The van der Waals surface area contributed by atoms with E-state index in [1.807, 2.05) is 38.1 Å². The summed E-state index contributed by atoms with van der Waals surface area (Å²) in [6, 6.07) is 9.82. The maximum Gasteiger partial charge on any atom is 0.0994 e. The summed E-state index contributed by atoms with van der Waals surface area (Å²) in [5.74, 6) is 0. The van der Waals surface area contributed by atoms with E-state index in [0.717, 1.165) is 17.5 Å². The second-order valence-corrected chi connectivity index (χ2v) is 3.91. The summed E-state index contributed by atoms with van der Waals surface area (Å²) >= 11 is 0. The van der Waals surface area contributed by atoms with Gasteiger partial charge in [-0.05, 0) is 25.5 Å². The molecule has 0 spiro atoms. The van der Waals surface area contributed by atoms with Crippen molar-refractivity contribution < 1.29 is 4.74 Å². The molecule has 1 aromatic carbocycles. The van der Waals surface area contributed by atoms with Crippen LogP contribution in [0, 0.1) is 11.3 Å². The molecule has 2 heteroatoms. The summed E-state index contributed by atoms with van der Waals surface area (Å²) < 4.78 is 5.33. The first-order valence-electron chi connectivity index (χ1n) is 4.62. The van der Waals surface area contributed by atoms with Crippen molar-refractivity contribution in [2.75, 3.05) is 7.11 Å². The van der Waals surface area contributed by atoms with Crippen LogP contribution in [0.15, 0.2) is 24.3 Å². The molecule has 0 heterocycles. The monoisotopic (exact) mass is 189 g/mol. The second kappa shape index (κ2) is 4.26. The largest absolute Gasteiger partial charge is 0.378 e. The van der Waals surface area contributed by atoms with Crippen LogP contribution in [0.4, 0.5) is 0 Å². The highest BCUT2D eigenvalue weighted by Crippen LogP contribution is 2.18. The van der Waals surface area contributed by atoms with Gasteiger partial charge in [0.05, 0.1) is 17.2 Å². The lowest BCUT2D eigenvalue weighted by atomic mass is 9.95. The highest BCUT2D eigenvalue weighted by molar-refractivity contribution is 5.38. The van der Waals surface area contributed by atoms with Gasteiger partial charge in [0.1, 0.15) is 0 Å². The van der Waals surface area contributed by atoms with E-state index in [1.54, 1.807) is 7.11 Å². The van der Waals surface area contributed by atoms with Crippen molar-refractivity contribution in [3.05, 3.63) is 35.4 Å². The molecule has 0 aliphatic carbocycles. The minimum Gasteiger partial charge on any atom is -0.378 e. The molecular formula is C12H15NO. The SMILES string of the molecule is COC(C)(C)Cc1ccccc1C#N. The zero-order valence-corrected chi connectivity index (χ0v) is 8.87. The van der Waals surface area contributed by atoms with E-state index in [9.17, 15) is 0 Å². The van der Waals surface area contributed by atoms with E-state index in [2.05, 4.69) is 6.07 Å². The van der Waals surface area contributed by atoms with Crippen LogP contribution >= 0.6 is 0 Å². The van der Waals surface area contributed by atoms with Gasteiger partial charge < -0.3 is 4.74 Å². The first kappa shape index (κ1) is 10.7. The predicted molar refractivity (Wildman–Crippen MR) is 55.9 cm³/mol.